The third-order valence-corrected chi connectivity index (χ3v) is 2.34. The highest BCUT2D eigenvalue weighted by Crippen LogP contribution is 2.31. The first kappa shape index (κ1) is 10.5. The van der Waals surface area contributed by atoms with Crippen LogP contribution in [0.1, 0.15) is 5.56 Å². The maximum absolute atomic E-state index is 5.24. The predicted molar refractivity (Wildman–Crippen MR) is 59.2 cm³/mol. The van der Waals surface area contributed by atoms with Gasteiger partial charge in [0.1, 0.15) is 0 Å². The fraction of sp³-hybridized carbons (Fsp3) is 0.273. The minimum atomic E-state index is 0.667. The number of aromatic nitrogens is 3. The molecule has 0 saturated carbocycles. The van der Waals surface area contributed by atoms with Gasteiger partial charge < -0.3 is 9.47 Å². The minimum absolute atomic E-state index is 0.667. The minimum Gasteiger partial charge on any atom is -0.493 e. The number of ether oxygens (including phenoxy) is 2. The van der Waals surface area contributed by atoms with Gasteiger partial charge in [-0.1, -0.05) is 0 Å². The van der Waals surface area contributed by atoms with Gasteiger partial charge in [-0.05, 0) is 18.6 Å². The Morgan fingerprint density at radius 2 is 1.56 bits per heavy atom. The number of hydrogen-bond acceptors (Lipinski definition) is 4. The van der Waals surface area contributed by atoms with Gasteiger partial charge in [-0.15, -0.1) is 0 Å². The molecular formula is C11H13N3O2. The molecule has 0 radical (unpaired) electrons. The number of benzene rings is 1. The van der Waals surface area contributed by atoms with Crippen molar-refractivity contribution in [2.45, 2.75) is 6.92 Å². The highest BCUT2D eigenvalue weighted by Gasteiger charge is 2.10. The molecule has 0 aliphatic heterocycles. The fourth-order valence-electron chi connectivity index (χ4n) is 1.53. The van der Waals surface area contributed by atoms with E-state index in [1.807, 2.05) is 19.1 Å². The number of nitrogens with zero attached hydrogens (tertiary/aromatic N) is 3. The predicted octanol–water partition coefficient (Wildman–Crippen LogP) is 1.59. The Morgan fingerprint density at radius 3 is 2.12 bits per heavy atom. The van der Waals surface area contributed by atoms with Crippen molar-refractivity contribution >= 4 is 0 Å². The Hall–Kier alpha value is -2.04. The molecule has 16 heavy (non-hydrogen) atoms. The lowest BCUT2D eigenvalue weighted by molar-refractivity contribution is 0.354. The molecule has 5 heteroatoms. The second-order valence-electron chi connectivity index (χ2n) is 3.31. The van der Waals surface area contributed by atoms with Crippen LogP contribution in [-0.2, 0) is 0 Å². The Labute approximate surface area is 93.6 Å². The first-order chi connectivity index (χ1) is 7.76. The third-order valence-electron chi connectivity index (χ3n) is 2.34. The van der Waals surface area contributed by atoms with E-state index in [1.165, 1.54) is 0 Å². The van der Waals surface area contributed by atoms with Crippen LogP contribution in [0.2, 0.25) is 0 Å². The highest BCUT2D eigenvalue weighted by atomic mass is 16.5. The monoisotopic (exact) mass is 219 g/mol. The summed E-state index contributed by atoms with van der Waals surface area (Å²) >= 11 is 0. The summed E-state index contributed by atoms with van der Waals surface area (Å²) in [6.45, 7) is 1.97. The molecule has 2 aromatic rings. The number of aryl methyl sites for hydroxylation is 1. The standard InChI is InChI=1S/C11H13N3O2/c1-8-6-10(15-2)11(16-3)7-9(8)14-12-4-5-13-14/h4-7H,1-3H3. The summed E-state index contributed by atoms with van der Waals surface area (Å²) in [5.74, 6) is 1.37. The van der Waals surface area contributed by atoms with Crippen molar-refractivity contribution in [3.63, 3.8) is 0 Å². The third kappa shape index (κ3) is 1.71. The number of methoxy groups -OCH3 is 2. The number of rotatable bonds is 3. The van der Waals surface area contributed by atoms with Crippen LogP contribution >= 0.6 is 0 Å². The van der Waals surface area contributed by atoms with Gasteiger partial charge in [0.05, 0.1) is 32.3 Å². The van der Waals surface area contributed by atoms with Crippen molar-refractivity contribution in [2.75, 3.05) is 14.2 Å². The molecule has 0 atom stereocenters. The molecule has 5 nitrogen and oxygen atoms in total. The molecule has 1 aromatic carbocycles. The van der Waals surface area contributed by atoms with Gasteiger partial charge in [-0.3, -0.25) is 0 Å². The van der Waals surface area contributed by atoms with Crippen LogP contribution in [0.15, 0.2) is 24.5 Å². The Balaban J connectivity index is 2.55. The Kier molecular flexibility index (Phi) is 2.76. The lowest BCUT2D eigenvalue weighted by Gasteiger charge is -2.11. The van der Waals surface area contributed by atoms with Crippen LogP contribution in [0, 0.1) is 6.92 Å². The molecule has 84 valence electrons. The first-order valence-electron chi connectivity index (χ1n) is 4.85. The van der Waals surface area contributed by atoms with Crippen LogP contribution in [0.25, 0.3) is 5.69 Å². The molecular weight excluding hydrogens is 206 g/mol. The fourth-order valence-corrected chi connectivity index (χ4v) is 1.53. The molecule has 0 fully saturated rings. The molecule has 0 amide bonds. The second-order valence-corrected chi connectivity index (χ2v) is 3.31. The molecule has 0 unspecified atom stereocenters. The van der Waals surface area contributed by atoms with E-state index < -0.39 is 0 Å². The van der Waals surface area contributed by atoms with Crippen molar-refractivity contribution in [1.29, 1.82) is 0 Å². The van der Waals surface area contributed by atoms with Gasteiger partial charge in [0.25, 0.3) is 0 Å². The molecule has 2 rings (SSSR count). The highest BCUT2D eigenvalue weighted by molar-refractivity contribution is 5.52. The molecule has 1 heterocycles. The van der Waals surface area contributed by atoms with E-state index in [0.29, 0.717) is 11.5 Å². The van der Waals surface area contributed by atoms with E-state index in [-0.39, 0.29) is 0 Å². The lowest BCUT2D eigenvalue weighted by atomic mass is 10.2. The Morgan fingerprint density at radius 1 is 1.00 bits per heavy atom. The van der Waals surface area contributed by atoms with E-state index in [2.05, 4.69) is 10.2 Å². The zero-order valence-corrected chi connectivity index (χ0v) is 9.47. The molecule has 0 saturated heterocycles. The zero-order valence-electron chi connectivity index (χ0n) is 9.47. The summed E-state index contributed by atoms with van der Waals surface area (Å²) in [5, 5.41) is 8.17. The van der Waals surface area contributed by atoms with Crippen molar-refractivity contribution in [2.24, 2.45) is 0 Å². The van der Waals surface area contributed by atoms with Crippen molar-refractivity contribution in [1.82, 2.24) is 15.0 Å². The smallest absolute Gasteiger partial charge is 0.162 e. The quantitative estimate of drug-likeness (QED) is 0.786. The maximum atomic E-state index is 5.24. The molecule has 0 bridgehead atoms. The van der Waals surface area contributed by atoms with Gasteiger partial charge in [-0.2, -0.15) is 15.0 Å². The molecule has 0 aliphatic rings. The topological polar surface area (TPSA) is 49.2 Å². The van der Waals surface area contributed by atoms with E-state index in [4.69, 9.17) is 9.47 Å². The zero-order chi connectivity index (χ0) is 11.5. The molecule has 0 spiro atoms. The van der Waals surface area contributed by atoms with Crippen LogP contribution in [0.5, 0.6) is 11.5 Å². The van der Waals surface area contributed by atoms with Crippen molar-refractivity contribution < 1.29 is 9.47 Å². The Bertz CT molecular complexity index is 480. The van der Waals surface area contributed by atoms with Crippen LogP contribution in [-0.4, -0.2) is 29.2 Å². The maximum Gasteiger partial charge on any atom is 0.162 e. The molecule has 0 aliphatic carbocycles. The summed E-state index contributed by atoms with van der Waals surface area (Å²) in [6, 6.07) is 3.76. The van der Waals surface area contributed by atoms with Gasteiger partial charge in [0.15, 0.2) is 11.5 Å². The van der Waals surface area contributed by atoms with Gasteiger partial charge >= 0.3 is 0 Å². The lowest BCUT2D eigenvalue weighted by Crippen LogP contribution is -2.02. The summed E-state index contributed by atoms with van der Waals surface area (Å²) in [7, 11) is 3.22. The average Bonchev–Trinajstić information content (AvgIpc) is 2.82. The van der Waals surface area contributed by atoms with Gasteiger partial charge in [-0.25, -0.2) is 0 Å². The largest absolute Gasteiger partial charge is 0.493 e. The van der Waals surface area contributed by atoms with E-state index >= 15 is 0 Å². The SMILES string of the molecule is COc1cc(C)c(-n2nccn2)cc1OC. The summed E-state index contributed by atoms with van der Waals surface area (Å²) < 4.78 is 10.5. The summed E-state index contributed by atoms with van der Waals surface area (Å²) in [5.41, 5.74) is 1.90. The summed E-state index contributed by atoms with van der Waals surface area (Å²) in [6.07, 6.45) is 3.27. The number of hydrogen-bond donors (Lipinski definition) is 0. The van der Waals surface area contributed by atoms with E-state index in [0.717, 1.165) is 11.3 Å². The molecule has 1 aromatic heterocycles. The van der Waals surface area contributed by atoms with E-state index in [9.17, 15) is 0 Å². The molecule has 0 N–H and O–H groups in total. The van der Waals surface area contributed by atoms with Crippen LogP contribution < -0.4 is 9.47 Å². The van der Waals surface area contributed by atoms with Crippen molar-refractivity contribution in [3.05, 3.63) is 30.1 Å². The normalized spacial score (nSPS) is 10.2. The van der Waals surface area contributed by atoms with Crippen molar-refractivity contribution in [3.8, 4) is 17.2 Å². The van der Waals surface area contributed by atoms with Gasteiger partial charge in [0, 0.05) is 6.07 Å². The van der Waals surface area contributed by atoms with Crippen LogP contribution in [0.3, 0.4) is 0 Å². The average molecular weight is 219 g/mol. The second kappa shape index (κ2) is 4.22. The first-order valence-corrected chi connectivity index (χ1v) is 4.85. The van der Waals surface area contributed by atoms with E-state index in [1.54, 1.807) is 31.4 Å². The van der Waals surface area contributed by atoms with Gasteiger partial charge in [0.2, 0.25) is 0 Å². The van der Waals surface area contributed by atoms with Crippen LogP contribution in [0.4, 0.5) is 0 Å². The summed E-state index contributed by atoms with van der Waals surface area (Å²) in [4.78, 5) is 1.55.